The van der Waals surface area contributed by atoms with Gasteiger partial charge in [-0.3, -0.25) is 18.4 Å². The fourth-order valence-electron chi connectivity index (χ4n) is 14.1. The van der Waals surface area contributed by atoms with Gasteiger partial charge in [-0.2, -0.15) is 4.80 Å². The molecule has 0 amide bonds. The number of aliphatic imine (C=N–C) groups is 1. The number of rotatable bonds is 23. The number of anilines is 6. The summed E-state index contributed by atoms with van der Waals surface area (Å²) in [6.45, 7) is 9.95. The molecule has 2 aromatic heterocycles. The Labute approximate surface area is 613 Å². The van der Waals surface area contributed by atoms with Crippen molar-refractivity contribution in [3.8, 4) is 33.7 Å². The molecule has 17 heteroatoms. The van der Waals surface area contributed by atoms with E-state index < -0.39 is 25.3 Å². The Morgan fingerprint density at radius 2 is 0.915 bits per heavy atom. The average Bonchev–Trinajstić information content (AvgIpc) is 1.57. The molecule has 0 N–H and O–H groups in total. The van der Waals surface area contributed by atoms with Gasteiger partial charge >= 0.3 is 25.3 Å². The van der Waals surface area contributed by atoms with Crippen LogP contribution in [-0.2, 0) is 38.7 Å². The van der Waals surface area contributed by atoms with Crippen molar-refractivity contribution in [2.24, 2.45) is 4.99 Å². The van der Waals surface area contributed by atoms with Crippen molar-refractivity contribution in [2.45, 2.75) is 74.0 Å². The summed E-state index contributed by atoms with van der Waals surface area (Å²) in [6, 6.07) is 87.7. The van der Waals surface area contributed by atoms with Gasteiger partial charge in [-0.05, 0) is 219 Å². The number of allylic oxidation sites excluding steroid dienone is 1. The average molecular weight is 1400 g/mol. The van der Waals surface area contributed by atoms with Crippen molar-refractivity contribution in [3.05, 3.63) is 352 Å². The van der Waals surface area contributed by atoms with Crippen LogP contribution in [0.5, 0.6) is 5.75 Å². The van der Waals surface area contributed by atoms with E-state index in [0.29, 0.717) is 57.5 Å². The molecule has 106 heavy (non-hydrogen) atoms. The Morgan fingerprint density at radius 1 is 0.481 bits per heavy atom. The van der Waals surface area contributed by atoms with Gasteiger partial charge in [0.05, 0.1) is 28.2 Å². The molecule has 11 aromatic carbocycles. The fraction of sp³-hybridized carbons (Fsp3) is 0.124. The third kappa shape index (κ3) is 14.7. The molecule has 0 spiro atoms. The zero-order chi connectivity index (χ0) is 73.5. The van der Waals surface area contributed by atoms with Gasteiger partial charge in [-0.25, -0.2) is 14.0 Å². The third-order valence-corrected chi connectivity index (χ3v) is 19.1. The number of aryl methyl sites for hydroxylation is 3. The number of nitrogens with zero attached hydrogens (tertiary/aromatic N) is 7. The lowest BCUT2D eigenvalue weighted by molar-refractivity contribution is -0.139. The second-order valence-electron chi connectivity index (χ2n) is 26.1. The predicted molar refractivity (Wildman–Crippen MR) is 414 cm³/mol. The van der Waals surface area contributed by atoms with Crippen LogP contribution in [0.4, 0.5) is 47.1 Å². The van der Waals surface area contributed by atoms with E-state index in [2.05, 4.69) is 131 Å². The van der Waals surface area contributed by atoms with Crippen molar-refractivity contribution in [1.29, 1.82) is 0 Å². The summed E-state index contributed by atoms with van der Waals surface area (Å²) in [5, 5.41) is 10.2. The second-order valence-corrected chi connectivity index (χ2v) is 26.1. The van der Waals surface area contributed by atoms with Gasteiger partial charge in [0.15, 0.2) is 0 Å². The van der Waals surface area contributed by atoms with E-state index in [9.17, 15) is 18.8 Å². The van der Waals surface area contributed by atoms with Gasteiger partial charge in [0, 0.05) is 68.6 Å². The normalized spacial score (nSPS) is 12.4. The van der Waals surface area contributed by atoms with Crippen LogP contribution in [-0.4, -0.2) is 50.5 Å². The minimum atomic E-state index is -3.12. The molecule has 13 nitrogen and oxygen atoms in total. The Hall–Kier alpha value is -12.9. The molecule has 14 rings (SSSR count). The Bertz CT molecular complexity index is 5440. The molecule has 0 unspecified atom stereocenters. The summed E-state index contributed by atoms with van der Waals surface area (Å²) in [6.07, 6.45) is 1.15. The van der Waals surface area contributed by atoms with Gasteiger partial charge in [0.2, 0.25) is 0 Å². The van der Waals surface area contributed by atoms with Gasteiger partial charge in [-0.15, -0.1) is 10.2 Å². The largest absolute Gasteiger partial charge is 0.677 e. The molecule has 13 aromatic rings. The fourth-order valence-corrected chi connectivity index (χ4v) is 14.1. The van der Waals surface area contributed by atoms with Crippen LogP contribution < -0.4 is 14.5 Å². The molecule has 1 aliphatic rings. The van der Waals surface area contributed by atoms with E-state index in [1.165, 1.54) is 19.1 Å². The first-order valence-electron chi connectivity index (χ1n) is 35.0. The standard InChI is InChI=1S/C89H73BF3N7O6/c1-57-53-76(54-58(2)80(57)83(84-59(3)81(61(5)94-84)88(102)104-55-64-23-12-7-13-24-64)87-60(4)82(62(6)99(87)90(92)93)89(103)105-56-65-25-14-8-15-26-65)106-79(101)34-22-27-63-35-43-72(44-36-63)98(71-32-20-11-21-33-71)74-47-39-67(40-48-74)78-52-51-77(85-86(78)96-100(95-85)75-49-41-68(91)42-50-75)66-37-45-73(46-38-66)97(69-28-16-9-17-29-69)70-30-18-10-19-31-70/h7-21,23-26,28-33,35-54H,22,27,34,55-56H2,1-6H3/b84-83-. The van der Waals surface area contributed by atoms with Gasteiger partial charge in [0.1, 0.15) is 35.8 Å². The SMILES string of the molecule is CC1=N/C(=C(/c2c(C)cc(OC(=O)CCCc3ccc(N(c4ccccc4)c4ccc(-c5ccc(-c6ccc(N(c7ccccc7)c7ccccc7)cc6)c6nn(-c7ccc(F)cc7)nc56)cc4)cc3)cc2C)c2c(C)c(C(=O)OCc3ccccc3)c(C)n2B(F)F)C(C)=C1C(=O)OCc1ccccc1. The number of carbonyl (C=O) groups is 3. The maximum atomic E-state index is 15.8. The summed E-state index contributed by atoms with van der Waals surface area (Å²) in [5.41, 5.74) is 17.2. The lowest BCUT2D eigenvalue weighted by Crippen LogP contribution is -2.19. The zero-order valence-electron chi connectivity index (χ0n) is 59.3. The first-order chi connectivity index (χ1) is 51.5. The minimum absolute atomic E-state index is 0.00150. The summed E-state index contributed by atoms with van der Waals surface area (Å²) >= 11 is 0. The number of ether oxygens (including phenoxy) is 3. The quantitative estimate of drug-likeness (QED) is 0.0346. The highest BCUT2D eigenvalue weighted by Crippen LogP contribution is 2.45. The van der Waals surface area contributed by atoms with Crippen LogP contribution in [0.2, 0.25) is 0 Å². The highest BCUT2D eigenvalue weighted by molar-refractivity contribution is 6.42. The molecule has 1 aliphatic heterocycles. The van der Waals surface area contributed by atoms with Crippen LogP contribution >= 0.6 is 0 Å². The van der Waals surface area contributed by atoms with E-state index in [4.69, 9.17) is 29.4 Å². The summed E-state index contributed by atoms with van der Waals surface area (Å²) in [7, 11) is -3.12. The minimum Gasteiger partial charge on any atom is -0.457 e. The van der Waals surface area contributed by atoms with E-state index in [-0.39, 0.29) is 70.6 Å². The molecule has 524 valence electrons. The van der Waals surface area contributed by atoms with Crippen LogP contribution in [0.1, 0.15) is 87.4 Å². The molecular formula is C89H73BF3N7O6. The Kier molecular flexibility index (Phi) is 20.5. The molecule has 0 saturated heterocycles. The van der Waals surface area contributed by atoms with E-state index in [0.717, 1.165) is 77.5 Å². The first-order valence-corrected chi connectivity index (χ1v) is 35.0. The Morgan fingerprint density at radius 3 is 1.38 bits per heavy atom. The van der Waals surface area contributed by atoms with Crippen LogP contribution in [0.15, 0.2) is 295 Å². The van der Waals surface area contributed by atoms with Gasteiger partial charge in [-0.1, -0.05) is 164 Å². The monoisotopic (exact) mass is 1400 g/mol. The third-order valence-electron chi connectivity index (χ3n) is 19.1. The zero-order valence-corrected chi connectivity index (χ0v) is 59.3. The molecule has 0 fully saturated rings. The molecule has 0 saturated carbocycles. The highest BCUT2D eigenvalue weighted by Gasteiger charge is 2.37. The number of aromatic nitrogens is 4. The molecular weight excluding hydrogens is 1330 g/mol. The lowest BCUT2D eigenvalue weighted by atomic mass is 9.87. The van der Waals surface area contributed by atoms with E-state index >= 15 is 8.63 Å². The van der Waals surface area contributed by atoms with Crippen molar-refractivity contribution < 1.29 is 41.6 Å². The predicted octanol–water partition coefficient (Wildman–Crippen LogP) is 21.2. The molecule has 0 bridgehead atoms. The molecule has 0 aliphatic carbocycles. The van der Waals surface area contributed by atoms with Gasteiger partial charge in [0.25, 0.3) is 0 Å². The number of benzene rings is 11. The van der Waals surface area contributed by atoms with Crippen molar-refractivity contribution >= 4 is 81.8 Å². The summed E-state index contributed by atoms with van der Waals surface area (Å²) in [5.74, 6) is -1.97. The second kappa shape index (κ2) is 31.0. The lowest BCUT2D eigenvalue weighted by Gasteiger charge is -2.26. The number of para-hydroxylation sites is 3. The van der Waals surface area contributed by atoms with Crippen LogP contribution in [0.25, 0.3) is 44.5 Å². The van der Waals surface area contributed by atoms with E-state index in [1.54, 1.807) is 75.8 Å². The topological polar surface area (TPSA) is 133 Å². The summed E-state index contributed by atoms with van der Waals surface area (Å²) < 4.78 is 64.4. The first kappa shape index (κ1) is 70.2. The maximum absolute atomic E-state index is 15.8. The Balaban J connectivity index is 0.699. The van der Waals surface area contributed by atoms with Crippen molar-refractivity contribution in [3.63, 3.8) is 0 Å². The summed E-state index contributed by atoms with van der Waals surface area (Å²) in [4.78, 5) is 52.8. The number of hydrogen-bond acceptors (Lipinski definition) is 11. The van der Waals surface area contributed by atoms with Crippen LogP contribution in [0, 0.1) is 33.5 Å². The van der Waals surface area contributed by atoms with Crippen LogP contribution in [0.3, 0.4) is 0 Å². The maximum Gasteiger partial charge on any atom is 0.677 e. The van der Waals surface area contributed by atoms with Crippen molar-refractivity contribution in [1.82, 2.24) is 19.5 Å². The van der Waals surface area contributed by atoms with Crippen molar-refractivity contribution in [2.75, 3.05) is 9.80 Å². The van der Waals surface area contributed by atoms with E-state index in [1.807, 2.05) is 103 Å². The number of halogens is 3. The molecule has 0 atom stereocenters. The molecule has 3 heterocycles. The number of carbonyl (C=O) groups excluding carboxylic acids is 3. The molecule has 0 radical (unpaired) electrons. The number of fused-ring (bicyclic) bond motifs is 1. The number of esters is 3. The number of hydrogen-bond donors (Lipinski definition) is 0. The van der Waals surface area contributed by atoms with Gasteiger partial charge < -0.3 is 28.5 Å². The highest BCUT2D eigenvalue weighted by atomic mass is 19.2. The smallest absolute Gasteiger partial charge is 0.457 e.